The van der Waals surface area contributed by atoms with Crippen LogP contribution in [0.3, 0.4) is 0 Å². The molecule has 2 aromatic carbocycles. The van der Waals surface area contributed by atoms with Gasteiger partial charge in [-0.05, 0) is 36.6 Å². The molecule has 5 heteroatoms. The second-order valence-corrected chi connectivity index (χ2v) is 5.54. The van der Waals surface area contributed by atoms with E-state index in [0.29, 0.717) is 17.1 Å². The Morgan fingerprint density at radius 1 is 1.08 bits per heavy atom. The van der Waals surface area contributed by atoms with E-state index in [1.807, 2.05) is 30.3 Å². The highest BCUT2D eigenvalue weighted by atomic mass is 16.7. The Morgan fingerprint density at radius 2 is 1.88 bits per heavy atom. The highest BCUT2D eigenvalue weighted by molar-refractivity contribution is 6.02. The molecule has 3 rings (SSSR count). The maximum atomic E-state index is 12.3. The number of benzene rings is 2. The number of ether oxygens (including phenoxy) is 2. The first-order chi connectivity index (χ1) is 11.8. The minimum atomic E-state index is -0.266. The number of nitrogens with one attached hydrogen (secondary N) is 1. The zero-order valence-electron chi connectivity index (χ0n) is 13.6. The highest BCUT2D eigenvalue weighted by Gasteiger charge is 2.16. The van der Waals surface area contributed by atoms with Crippen molar-refractivity contribution in [2.24, 2.45) is 5.10 Å². The zero-order valence-corrected chi connectivity index (χ0v) is 13.6. The molecule has 0 fully saturated rings. The molecule has 0 aromatic heterocycles. The van der Waals surface area contributed by atoms with Crippen molar-refractivity contribution in [2.75, 3.05) is 6.79 Å². The molecule has 1 aliphatic rings. The summed E-state index contributed by atoms with van der Waals surface area (Å²) in [5, 5.41) is 4.35. The average molecular weight is 324 g/mol. The first-order valence-electron chi connectivity index (χ1n) is 8.10. The number of rotatable bonds is 6. The minimum Gasteiger partial charge on any atom is -0.454 e. The molecule has 0 saturated carbocycles. The lowest BCUT2D eigenvalue weighted by Gasteiger charge is -2.07. The van der Waals surface area contributed by atoms with E-state index in [1.54, 1.807) is 18.2 Å². The van der Waals surface area contributed by atoms with Crippen molar-refractivity contribution in [1.82, 2.24) is 5.43 Å². The van der Waals surface area contributed by atoms with Gasteiger partial charge in [0.2, 0.25) is 6.79 Å². The zero-order chi connectivity index (χ0) is 16.8. The van der Waals surface area contributed by atoms with Crippen molar-refractivity contribution in [3.8, 4) is 11.5 Å². The summed E-state index contributed by atoms with van der Waals surface area (Å²) < 4.78 is 10.6. The fraction of sp³-hybridized carbons (Fsp3) is 0.263. The second-order valence-electron chi connectivity index (χ2n) is 5.54. The van der Waals surface area contributed by atoms with Crippen LogP contribution in [-0.2, 0) is 0 Å². The molecule has 0 saturated heterocycles. The first-order valence-corrected chi connectivity index (χ1v) is 8.10. The predicted octanol–water partition coefficient (Wildman–Crippen LogP) is 3.74. The van der Waals surface area contributed by atoms with Gasteiger partial charge < -0.3 is 9.47 Å². The van der Waals surface area contributed by atoms with E-state index in [1.165, 1.54) is 0 Å². The van der Waals surface area contributed by atoms with Gasteiger partial charge in [0.25, 0.3) is 5.91 Å². The van der Waals surface area contributed by atoms with Crippen LogP contribution in [0.25, 0.3) is 0 Å². The molecule has 1 amide bonds. The van der Waals surface area contributed by atoms with Crippen LogP contribution in [0.5, 0.6) is 11.5 Å². The van der Waals surface area contributed by atoms with E-state index in [-0.39, 0.29) is 12.7 Å². The summed E-state index contributed by atoms with van der Waals surface area (Å²) in [6.07, 6.45) is 2.91. The van der Waals surface area contributed by atoms with Crippen LogP contribution in [0.2, 0.25) is 0 Å². The van der Waals surface area contributed by atoms with E-state index >= 15 is 0 Å². The molecule has 0 bridgehead atoms. The third kappa shape index (κ3) is 3.74. The van der Waals surface area contributed by atoms with Gasteiger partial charge in [-0.25, -0.2) is 5.43 Å². The van der Waals surface area contributed by atoms with E-state index in [4.69, 9.17) is 9.47 Å². The van der Waals surface area contributed by atoms with Gasteiger partial charge in [-0.3, -0.25) is 4.79 Å². The molecular formula is C19H20N2O3. The van der Waals surface area contributed by atoms with Gasteiger partial charge in [-0.15, -0.1) is 0 Å². The molecule has 5 nitrogen and oxygen atoms in total. The smallest absolute Gasteiger partial charge is 0.271 e. The van der Waals surface area contributed by atoms with Gasteiger partial charge in [-0.1, -0.05) is 43.7 Å². The van der Waals surface area contributed by atoms with Crippen LogP contribution in [0.4, 0.5) is 0 Å². The van der Waals surface area contributed by atoms with Gasteiger partial charge in [0.1, 0.15) is 0 Å². The Hall–Kier alpha value is -2.82. The molecule has 1 aliphatic heterocycles. The Kier molecular flexibility index (Phi) is 5.11. The van der Waals surface area contributed by atoms with Crippen LogP contribution >= 0.6 is 0 Å². The maximum absolute atomic E-state index is 12.3. The summed E-state index contributed by atoms with van der Waals surface area (Å²) in [5.41, 5.74) is 5.05. The Balaban J connectivity index is 1.74. The standard InChI is InChI=1S/C19H20N2O3/c1-2-3-9-16(14-7-5-4-6-8-14)20-21-19(22)15-10-11-17-18(12-15)24-13-23-17/h4-8,10-12H,2-3,9,13H2,1H3,(H,21,22)/b20-16+. The number of fused-ring (bicyclic) bond motifs is 1. The summed E-state index contributed by atoms with van der Waals surface area (Å²) in [5.74, 6) is 0.974. The molecule has 0 spiro atoms. The number of carbonyl (C=O) groups is 1. The summed E-state index contributed by atoms with van der Waals surface area (Å²) in [7, 11) is 0. The third-order valence-electron chi connectivity index (χ3n) is 3.80. The maximum Gasteiger partial charge on any atom is 0.271 e. The monoisotopic (exact) mass is 324 g/mol. The average Bonchev–Trinajstić information content (AvgIpc) is 3.10. The Morgan fingerprint density at radius 3 is 2.67 bits per heavy atom. The first kappa shape index (κ1) is 16.1. The molecule has 0 aliphatic carbocycles. The van der Waals surface area contributed by atoms with E-state index in [9.17, 15) is 4.79 Å². The van der Waals surface area contributed by atoms with Gasteiger partial charge >= 0.3 is 0 Å². The lowest BCUT2D eigenvalue weighted by atomic mass is 10.1. The number of carbonyl (C=O) groups excluding carboxylic acids is 1. The third-order valence-corrected chi connectivity index (χ3v) is 3.80. The molecule has 1 heterocycles. The van der Waals surface area contributed by atoms with Gasteiger partial charge in [0, 0.05) is 5.56 Å². The quantitative estimate of drug-likeness (QED) is 0.650. The van der Waals surface area contributed by atoms with Crippen molar-refractivity contribution in [3.05, 3.63) is 59.7 Å². The summed E-state index contributed by atoms with van der Waals surface area (Å²) >= 11 is 0. The SMILES string of the molecule is CCCC/C(=N\NC(=O)c1ccc2c(c1)OCO2)c1ccccc1. The molecule has 1 N–H and O–H groups in total. The van der Waals surface area contributed by atoms with Crippen LogP contribution in [0.15, 0.2) is 53.6 Å². The number of hydrogen-bond acceptors (Lipinski definition) is 4. The Bertz CT molecular complexity index is 742. The minimum absolute atomic E-state index is 0.188. The van der Waals surface area contributed by atoms with Crippen LogP contribution in [-0.4, -0.2) is 18.4 Å². The summed E-state index contributed by atoms with van der Waals surface area (Å²) in [6.45, 7) is 2.32. The lowest BCUT2D eigenvalue weighted by molar-refractivity contribution is 0.0954. The second kappa shape index (κ2) is 7.64. The van der Waals surface area contributed by atoms with E-state index in [2.05, 4.69) is 17.5 Å². The van der Waals surface area contributed by atoms with E-state index < -0.39 is 0 Å². The van der Waals surface area contributed by atoms with Crippen molar-refractivity contribution in [1.29, 1.82) is 0 Å². The van der Waals surface area contributed by atoms with E-state index in [0.717, 1.165) is 30.5 Å². The fourth-order valence-electron chi connectivity index (χ4n) is 2.46. The number of amides is 1. The summed E-state index contributed by atoms with van der Waals surface area (Å²) in [4.78, 5) is 12.3. The van der Waals surface area contributed by atoms with Gasteiger partial charge in [0.15, 0.2) is 11.5 Å². The largest absolute Gasteiger partial charge is 0.454 e. The van der Waals surface area contributed by atoms with Crippen LogP contribution in [0, 0.1) is 0 Å². The Labute approximate surface area is 141 Å². The topological polar surface area (TPSA) is 59.9 Å². The van der Waals surface area contributed by atoms with Crippen molar-refractivity contribution in [2.45, 2.75) is 26.2 Å². The molecule has 124 valence electrons. The van der Waals surface area contributed by atoms with Gasteiger partial charge in [0.05, 0.1) is 5.71 Å². The number of unbranched alkanes of at least 4 members (excludes halogenated alkanes) is 1. The molecule has 2 aromatic rings. The van der Waals surface area contributed by atoms with Crippen LogP contribution in [0.1, 0.15) is 42.1 Å². The molecule has 0 atom stereocenters. The number of hydrogen-bond donors (Lipinski definition) is 1. The highest BCUT2D eigenvalue weighted by Crippen LogP contribution is 2.32. The lowest BCUT2D eigenvalue weighted by Crippen LogP contribution is -2.20. The molecular weight excluding hydrogens is 304 g/mol. The van der Waals surface area contributed by atoms with Gasteiger partial charge in [-0.2, -0.15) is 5.10 Å². The fourth-order valence-corrected chi connectivity index (χ4v) is 2.46. The number of hydrazone groups is 1. The van der Waals surface area contributed by atoms with Crippen molar-refractivity contribution >= 4 is 11.6 Å². The molecule has 24 heavy (non-hydrogen) atoms. The summed E-state index contributed by atoms with van der Waals surface area (Å²) in [6, 6.07) is 15.0. The normalized spacial score (nSPS) is 13.0. The van der Waals surface area contributed by atoms with Crippen molar-refractivity contribution in [3.63, 3.8) is 0 Å². The number of nitrogens with zero attached hydrogens (tertiary/aromatic N) is 1. The molecule has 0 unspecified atom stereocenters. The van der Waals surface area contributed by atoms with Crippen molar-refractivity contribution < 1.29 is 14.3 Å². The predicted molar refractivity (Wildman–Crippen MR) is 92.5 cm³/mol. The molecule has 0 radical (unpaired) electrons. The van der Waals surface area contributed by atoms with Crippen LogP contribution < -0.4 is 14.9 Å².